The van der Waals surface area contributed by atoms with E-state index in [-0.39, 0.29) is 36.5 Å². The summed E-state index contributed by atoms with van der Waals surface area (Å²) in [5, 5.41) is 27.3. The molecule has 1 aliphatic rings. The van der Waals surface area contributed by atoms with E-state index >= 15 is 0 Å². The number of halogens is 1. The van der Waals surface area contributed by atoms with Crippen LogP contribution in [0.4, 0.5) is 0 Å². The summed E-state index contributed by atoms with van der Waals surface area (Å²) in [6.45, 7) is 3.69. The quantitative estimate of drug-likeness (QED) is 0.271. The van der Waals surface area contributed by atoms with E-state index in [0.29, 0.717) is 25.5 Å². The molecule has 0 bridgehead atoms. The van der Waals surface area contributed by atoms with Crippen LogP contribution in [-0.4, -0.2) is 42.4 Å². The molecule has 0 aliphatic heterocycles. The van der Waals surface area contributed by atoms with Gasteiger partial charge in [-0.1, -0.05) is 54.6 Å². The number of aliphatic hydroxyl groups is 2. The van der Waals surface area contributed by atoms with Crippen LogP contribution in [-0.2, 0) is 12.0 Å². The van der Waals surface area contributed by atoms with Crippen LogP contribution in [0.2, 0.25) is 0 Å². The summed E-state index contributed by atoms with van der Waals surface area (Å²) in [5.74, 6) is 0.648. The molecule has 2 aromatic carbocycles. The zero-order valence-electron chi connectivity index (χ0n) is 16.3. The van der Waals surface area contributed by atoms with Crippen LogP contribution in [0.5, 0.6) is 0 Å². The fourth-order valence-electron chi connectivity index (χ4n) is 3.62. The highest BCUT2D eigenvalue weighted by Crippen LogP contribution is 2.36. The molecule has 3 rings (SSSR count). The SMILES string of the molecule is CCNC(=NCC1(O)CCc2ccccc21)NCC(CO)c1ccccc1.I. The molecule has 0 saturated heterocycles. The van der Waals surface area contributed by atoms with Gasteiger partial charge in [0.2, 0.25) is 0 Å². The maximum Gasteiger partial charge on any atom is 0.191 e. The Morgan fingerprint density at radius 3 is 2.54 bits per heavy atom. The zero-order valence-corrected chi connectivity index (χ0v) is 18.6. The van der Waals surface area contributed by atoms with E-state index in [0.717, 1.165) is 24.1 Å². The first-order valence-corrected chi connectivity index (χ1v) is 9.65. The molecule has 0 radical (unpaired) electrons. The minimum Gasteiger partial charge on any atom is -0.396 e. The molecule has 2 atom stereocenters. The second-order valence-corrected chi connectivity index (χ2v) is 7.05. The molecule has 28 heavy (non-hydrogen) atoms. The summed E-state index contributed by atoms with van der Waals surface area (Å²) in [7, 11) is 0. The molecular weight excluding hydrogens is 465 g/mol. The topological polar surface area (TPSA) is 76.9 Å². The van der Waals surface area contributed by atoms with Gasteiger partial charge < -0.3 is 20.8 Å². The van der Waals surface area contributed by atoms with Crippen molar-refractivity contribution < 1.29 is 10.2 Å². The second-order valence-electron chi connectivity index (χ2n) is 7.05. The third-order valence-corrected chi connectivity index (χ3v) is 5.18. The van der Waals surface area contributed by atoms with Crippen molar-refractivity contribution in [3.63, 3.8) is 0 Å². The fraction of sp³-hybridized carbons (Fsp3) is 0.409. The van der Waals surface area contributed by atoms with Gasteiger partial charge in [-0.2, -0.15) is 0 Å². The number of aliphatic hydroxyl groups excluding tert-OH is 1. The molecule has 2 aromatic rings. The van der Waals surface area contributed by atoms with Gasteiger partial charge in [0.1, 0.15) is 5.60 Å². The Kier molecular flexibility index (Phi) is 8.72. The van der Waals surface area contributed by atoms with E-state index in [1.807, 2.05) is 55.5 Å². The molecule has 4 N–H and O–H groups in total. The van der Waals surface area contributed by atoms with Gasteiger partial charge in [-0.05, 0) is 36.5 Å². The van der Waals surface area contributed by atoms with Gasteiger partial charge in [0.25, 0.3) is 0 Å². The lowest BCUT2D eigenvalue weighted by molar-refractivity contribution is 0.0485. The zero-order chi connectivity index (χ0) is 19.1. The Morgan fingerprint density at radius 1 is 1.11 bits per heavy atom. The summed E-state index contributed by atoms with van der Waals surface area (Å²) in [6, 6.07) is 18.0. The highest BCUT2D eigenvalue weighted by Gasteiger charge is 2.36. The van der Waals surface area contributed by atoms with Crippen LogP contribution < -0.4 is 10.6 Å². The number of benzene rings is 2. The number of nitrogens with one attached hydrogen (secondary N) is 2. The van der Waals surface area contributed by atoms with E-state index in [9.17, 15) is 10.2 Å². The standard InChI is InChI=1S/C22H29N3O2.HI/c1-2-23-21(24-14-19(15-26)17-8-4-3-5-9-17)25-16-22(27)13-12-18-10-6-7-11-20(18)22;/h3-11,19,26-27H,2,12-16H2,1H3,(H2,23,24,25);1H. The minimum absolute atomic E-state index is 0. The number of aryl methyl sites for hydroxylation is 1. The average molecular weight is 495 g/mol. The van der Waals surface area contributed by atoms with Crippen molar-refractivity contribution in [1.29, 1.82) is 0 Å². The van der Waals surface area contributed by atoms with Crippen molar-refractivity contribution in [1.82, 2.24) is 10.6 Å². The van der Waals surface area contributed by atoms with Gasteiger partial charge >= 0.3 is 0 Å². The average Bonchev–Trinajstić information content (AvgIpc) is 3.05. The second kappa shape index (κ2) is 10.8. The van der Waals surface area contributed by atoms with Crippen LogP contribution in [0.1, 0.15) is 36.0 Å². The smallest absolute Gasteiger partial charge is 0.191 e. The molecule has 0 saturated carbocycles. The number of rotatable bonds is 7. The normalized spacial score (nSPS) is 19.5. The molecule has 152 valence electrons. The minimum atomic E-state index is -0.908. The first-order valence-electron chi connectivity index (χ1n) is 9.65. The Hall–Kier alpha value is -1.64. The van der Waals surface area contributed by atoms with Crippen molar-refractivity contribution >= 4 is 29.9 Å². The Labute approximate surface area is 184 Å². The van der Waals surface area contributed by atoms with Crippen LogP contribution >= 0.6 is 24.0 Å². The third-order valence-electron chi connectivity index (χ3n) is 5.18. The monoisotopic (exact) mass is 495 g/mol. The van der Waals surface area contributed by atoms with Gasteiger partial charge in [-0.3, -0.25) is 0 Å². The summed E-state index contributed by atoms with van der Waals surface area (Å²) < 4.78 is 0. The molecule has 2 unspecified atom stereocenters. The molecule has 0 fully saturated rings. The summed E-state index contributed by atoms with van der Waals surface area (Å²) >= 11 is 0. The van der Waals surface area contributed by atoms with E-state index in [2.05, 4.69) is 21.7 Å². The first kappa shape index (κ1) is 22.6. The van der Waals surface area contributed by atoms with Crippen LogP contribution in [0, 0.1) is 0 Å². The number of aliphatic imine (C=N–C) groups is 1. The number of guanidine groups is 1. The molecule has 0 spiro atoms. The lowest BCUT2D eigenvalue weighted by Crippen LogP contribution is -2.41. The number of fused-ring (bicyclic) bond motifs is 1. The maximum atomic E-state index is 11.1. The lowest BCUT2D eigenvalue weighted by Gasteiger charge is -2.23. The molecule has 0 heterocycles. The van der Waals surface area contributed by atoms with Gasteiger partial charge in [0, 0.05) is 19.0 Å². The highest BCUT2D eigenvalue weighted by molar-refractivity contribution is 14.0. The molecule has 0 aromatic heterocycles. The fourth-order valence-corrected chi connectivity index (χ4v) is 3.62. The summed E-state index contributed by atoms with van der Waals surface area (Å²) in [6.07, 6.45) is 1.57. The molecule has 0 amide bonds. The van der Waals surface area contributed by atoms with E-state index in [4.69, 9.17) is 0 Å². The van der Waals surface area contributed by atoms with Crippen molar-refractivity contribution in [2.24, 2.45) is 4.99 Å². The Morgan fingerprint density at radius 2 is 1.82 bits per heavy atom. The van der Waals surface area contributed by atoms with Crippen molar-refractivity contribution in [2.75, 3.05) is 26.2 Å². The summed E-state index contributed by atoms with van der Waals surface area (Å²) in [4.78, 5) is 4.63. The van der Waals surface area contributed by atoms with E-state index in [1.165, 1.54) is 5.56 Å². The van der Waals surface area contributed by atoms with E-state index in [1.54, 1.807) is 0 Å². The maximum absolute atomic E-state index is 11.1. The predicted molar refractivity (Wildman–Crippen MR) is 124 cm³/mol. The first-order chi connectivity index (χ1) is 13.2. The number of hydrogen-bond donors (Lipinski definition) is 4. The Bertz CT molecular complexity index is 769. The highest BCUT2D eigenvalue weighted by atomic mass is 127. The van der Waals surface area contributed by atoms with Gasteiger partial charge in [-0.25, -0.2) is 4.99 Å². The third kappa shape index (κ3) is 5.46. The van der Waals surface area contributed by atoms with Gasteiger partial charge in [0.15, 0.2) is 5.96 Å². The summed E-state index contributed by atoms with van der Waals surface area (Å²) in [5.41, 5.74) is 2.38. The molecule has 1 aliphatic carbocycles. The molecule has 6 heteroatoms. The molecule has 5 nitrogen and oxygen atoms in total. The van der Waals surface area contributed by atoms with Crippen LogP contribution in [0.15, 0.2) is 59.6 Å². The van der Waals surface area contributed by atoms with Crippen molar-refractivity contribution in [3.05, 3.63) is 71.3 Å². The largest absolute Gasteiger partial charge is 0.396 e. The van der Waals surface area contributed by atoms with Gasteiger partial charge in [-0.15, -0.1) is 24.0 Å². The number of nitrogens with zero attached hydrogens (tertiary/aromatic N) is 1. The van der Waals surface area contributed by atoms with Crippen LogP contribution in [0.3, 0.4) is 0 Å². The van der Waals surface area contributed by atoms with Gasteiger partial charge in [0.05, 0.1) is 13.2 Å². The Balaban J connectivity index is 0.00000280. The van der Waals surface area contributed by atoms with Crippen molar-refractivity contribution in [2.45, 2.75) is 31.3 Å². The van der Waals surface area contributed by atoms with Crippen LogP contribution in [0.25, 0.3) is 0 Å². The predicted octanol–water partition coefficient (Wildman–Crippen LogP) is 2.77. The molecular formula is C22H30IN3O2. The van der Waals surface area contributed by atoms with E-state index < -0.39 is 5.60 Å². The lowest BCUT2D eigenvalue weighted by atomic mass is 9.96. The number of hydrogen-bond acceptors (Lipinski definition) is 3. The van der Waals surface area contributed by atoms with Crippen molar-refractivity contribution in [3.8, 4) is 0 Å².